The van der Waals surface area contributed by atoms with Crippen molar-refractivity contribution in [2.45, 2.75) is 13.0 Å². The van der Waals surface area contributed by atoms with E-state index in [2.05, 4.69) is 4.74 Å². The highest BCUT2D eigenvalue weighted by Gasteiger charge is 2.20. The number of esters is 1. The number of carbonyl (C=O) groups is 1. The van der Waals surface area contributed by atoms with E-state index in [-0.39, 0.29) is 19.0 Å². The van der Waals surface area contributed by atoms with Crippen molar-refractivity contribution in [2.75, 3.05) is 12.4 Å². The second-order valence-corrected chi connectivity index (χ2v) is 3.60. The van der Waals surface area contributed by atoms with Gasteiger partial charge in [-0.05, 0) is 6.92 Å². The van der Waals surface area contributed by atoms with E-state index in [1.54, 1.807) is 6.92 Å². The van der Waals surface area contributed by atoms with Gasteiger partial charge in [0.15, 0.2) is 0 Å². The van der Waals surface area contributed by atoms with Gasteiger partial charge in [0, 0.05) is 0 Å². The van der Waals surface area contributed by atoms with Crippen molar-refractivity contribution in [3.63, 3.8) is 0 Å². The molecular formula is C5H12ClNO5S. The molecule has 0 aliphatic carbocycles. The third-order valence-corrected chi connectivity index (χ3v) is 1.76. The van der Waals surface area contributed by atoms with E-state index in [0.29, 0.717) is 0 Å². The van der Waals surface area contributed by atoms with Gasteiger partial charge in [-0.25, -0.2) is 0 Å². The highest BCUT2D eigenvalue weighted by molar-refractivity contribution is 7.85. The number of hydrogen-bond donors (Lipinski definition) is 2. The van der Waals surface area contributed by atoms with Gasteiger partial charge in [-0.1, -0.05) is 0 Å². The minimum Gasteiger partial charge on any atom is -0.465 e. The molecule has 1 atom stereocenters. The number of halogens is 1. The summed E-state index contributed by atoms with van der Waals surface area (Å²) in [6, 6.07) is -1.32. The Balaban J connectivity index is 0. The smallest absolute Gasteiger partial charge is 0.324 e. The number of carbonyl (C=O) groups excluding carboxylic acids is 1. The van der Waals surface area contributed by atoms with Crippen LogP contribution in [-0.4, -0.2) is 37.3 Å². The molecule has 0 spiro atoms. The molecule has 0 unspecified atom stereocenters. The summed E-state index contributed by atoms with van der Waals surface area (Å²) in [6.45, 7) is 1.69. The lowest BCUT2D eigenvalue weighted by molar-refractivity contribution is -0.144. The van der Waals surface area contributed by atoms with Crippen LogP contribution >= 0.6 is 12.4 Å². The molecule has 8 heteroatoms. The first-order chi connectivity index (χ1) is 5.37. The van der Waals surface area contributed by atoms with E-state index in [4.69, 9.17) is 10.3 Å². The van der Waals surface area contributed by atoms with Crippen LogP contribution < -0.4 is 5.73 Å². The van der Waals surface area contributed by atoms with Gasteiger partial charge in [-0.3, -0.25) is 9.35 Å². The van der Waals surface area contributed by atoms with E-state index in [1.807, 2.05) is 0 Å². The van der Waals surface area contributed by atoms with Crippen molar-refractivity contribution < 1.29 is 22.5 Å². The van der Waals surface area contributed by atoms with Crippen molar-refractivity contribution in [1.82, 2.24) is 0 Å². The third kappa shape index (κ3) is 7.97. The molecule has 0 amide bonds. The van der Waals surface area contributed by atoms with Gasteiger partial charge in [0.1, 0.15) is 11.8 Å². The zero-order valence-electron chi connectivity index (χ0n) is 6.97. The zero-order valence-corrected chi connectivity index (χ0v) is 8.60. The van der Waals surface area contributed by atoms with Crippen LogP contribution in [0, 0.1) is 0 Å². The van der Waals surface area contributed by atoms with Crippen LogP contribution in [0.15, 0.2) is 0 Å². The van der Waals surface area contributed by atoms with Crippen LogP contribution in [-0.2, 0) is 19.6 Å². The van der Waals surface area contributed by atoms with Crippen molar-refractivity contribution in [2.24, 2.45) is 5.73 Å². The molecule has 6 nitrogen and oxygen atoms in total. The molecule has 0 saturated heterocycles. The fourth-order valence-corrected chi connectivity index (χ4v) is 1.13. The zero-order chi connectivity index (χ0) is 9.78. The Labute approximate surface area is 82.6 Å². The number of ether oxygens (including phenoxy) is 1. The second kappa shape index (κ2) is 6.14. The highest BCUT2D eigenvalue weighted by Crippen LogP contribution is 1.91. The molecule has 3 N–H and O–H groups in total. The fourth-order valence-electron chi connectivity index (χ4n) is 0.544. The summed E-state index contributed by atoms with van der Waals surface area (Å²) in [5, 5.41) is 0. The average Bonchev–Trinajstić information content (AvgIpc) is 1.84. The fraction of sp³-hybridized carbons (Fsp3) is 0.800. The standard InChI is InChI=1S/C5H11NO5S.ClH/c1-2-11-5(7)4(6)3-12(8,9)10;/h4H,2-3,6H2,1H3,(H,8,9,10);1H/t4-;/m0./s1. The SMILES string of the molecule is CCOC(=O)[C@@H](N)CS(=O)(=O)O.Cl. The van der Waals surface area contributed by atoms with Crippen LogP contribution in [0.25, 0.3) is 0 Å². The van der Waals surface area contributed by atoms with Crippen LogP contribution in [0.1, 0.15) is 6.92 Å². The van der Waals surface area contributed by atoms with Crippen molar-refractivity contribution in [3.05, 3.63) is 0 Å². The third-order valence-electron chi connectivity index (χ3n) is 0.980. The molecule has 0 aliphatic heterocycles. The van der Waals surface area contributed by atoms with Crippen molar-refractivity contribution >= 4 is 28.5 Å². The van der Waals surface area contributed by atoms with E-state index in [1.165, 1.54) is 0 Å². The molecule has 0 rings (SSSR count). The van der Waals surface area contributed by atoms with Crippen molar-refractivity contribution in [3.8, 4) is 0 Å². The Hall–Kier alpha value is -0.370. The lowest BCUT2D eigenvalue weighted by atomic mass is 10.4. The molecule has 0 bridgehead atoms. The van der Waals surface area contributed by atoms with Crippen LogP contribution in [0.4, 0.5) is 0 Å². The predicted molar refractivity (Wildman–Crippen MR) is 48.3 cm³/mol. The van der Waals surface area contributed by atoms with E-state index >= 15 is 0 Å². The van der Waals surface area contributed by atoms with Crippen LogP contribution in [0.3, 0.4) is 0 Å². The first-order valence-electron chi connectivity index (χ1n) is 3.24. The molecule has 0 aromatic rings. The molecule has 0 saturated carbocycles. The summed E-state index contributed by atoms with van der Waals surface area (Å²) < 4.78 is 33.1. The van der Waals surface area contributed by atoms with E-state index in [9.17, 15) is 13.2 Å². The van der Waals surface area contributed by atoms with E-state index < -0.39 is 27.9 Å². The molecule has 80 valence electrons. The van der Waals surface area contributed by atoms with Crippen molar-refractivity contribution in [1.29, 1.82) is 0 Å². The maximum atomic E-state index is 10.7. The quantitative estimate of drug-likeness (QED) is 0.486. The summed E-state index contributed by atoms with van der Waals surface area (Å²) in [6.07, 6.45) is 0. The second-order valence-electron chi connectivity index (χ2n) is 2.11. The molecule has 0 aliphatic rings. The predicted octanol–water partition coefficient (Wildman–Crippen LogP) is -0.814. The average molecular weight is 234 g/mol. The van der Waals surface area contributed by atoms with Gasteiger partial charge in [-0.2, -0.15) is 8.42 Å². The molecule has 0 aromatic carbocycles. The Morgan fingerprint density at radius 3 is 2.38 bits per heavy atom. The summed E-state index contributed by atoms with van der Waals surface area (Å²) in [7, 11) is -4.21. The van der Waals surface area contributed by atoms with Gasteiger partial charge in [0.2, 0.25) is 0 Å². The Morgan fingerprint density at radius 2 is 2.08 bits per heavy atom. The van der Waals surface area contributed by atoms with Gasteiger partial charge in [0.05, 0.1) is 6.61 Å². The molecule has 0 fully saturated rings. The Kier molecular flexibility index (Phi) is 7.14. The van der Waals surface area contributed by atoms with Gasteiger partial charge in [-0.15, -0.1) is 12.4 Å². The van der Waals surface area contributed by atoms with E-state index in [0.717, 1.165) is 0 Å². The molecular weight excluding hydrogens is 222 g/mol. The maximum Gasteiger partial charge on any atom is 0.324 e. The lowest BCUT2D eigenvalue weighted by Crippen LogP contribution is -2.38. The topological polar surface area (TPSA) is 107 Å². The summed E-state index contributed by atoms with van der Waals surface area (Å²) >= 11 is 0. The molecule has 0 heterocycles. The summed E-state index contributed by atoms with van der Waals surface area (Å²) in [5.74, 6) is -1.65. The van der Waals surface area contributed by atoms with Crippen LogP contribution in [0.2, 0.25) is 0 Å². The molecule has 0 radical (unpaired) electrons. The minimum absolute atomic E-state index is 0. The minimum atomic E-state index is -4.21. The normalized spacial score (nSPS) is 12.8. The highest BCUT2D eigenvalue weighted by atomic mass is 35.5. The number of hydrogen-bond acceptors (Lipinski definition) is 5. The van der Waals surface area contributed by atoms with Crippen LogP contribution in [0.5, 0.6) is 0 Å². The summed E-state index contributed by atoms with van der Waals surface area (Å²) in [4.78, 5) is 10.7. The largest absolute Gasteiger partial charge is 0.465 e. The first-order valence-corrected chi connectivity index (χ1v) is 4.85. The Morgan fingerprint density at radius 1 is 1.62 bits per heavy atom. The maximum absolute atomic E-state index is 10.7. The van der Waals surface area contributed by atoms with Gasteiger partial charge in [0.25, 0.3) is 10.1 Å². The number of rotatable bonds is 4. The Bertz CT molecular complexity index is 252. The van der Waals surface area contributed by atoms with Gasteiger partial charge < -0.3 is 10.5 Å². The lowest BCUT2D eigenvalue weighted by Gasteiger charge is -2.07. The number of nitrogens with two attached hydrogens (primary N) is 1. The summed E-state index contributed by atoms with van der Waals surface area (Å²) in [5.41, 5.74) is 5.08. The molecule has 13 heavy (non-hydrogen) atoms. The first kappa shape index (κ1) is 15.1. The van der Waals surface area contributed by atoms with Gasteiger partial charge >= 0.3 is 5.97 Å². The molecule has 0 aromatic heterocycles. The monoisotopic (exact) mass is 233 g/mol.